The Kier molecular flexibility index (Phi) is 2.58. The second kappa shape index (κ2) is 4.25. The van der Waals surface area contributed by atoms with E-state index in [1.807, 2.05) is 6.07 Å². The molecule has 5 aliphatic rings. The summed E-state index contributed by atoms with van der Waals surface area (Å²) in [5.41, 5.74) is 0.407. The van der Waals surface area contributed by atoms with Gasteiger partial charge in [0.25, 0.3) is 5.79 Å². The lowest BCUT2D eigenvalue weighted by Crippen LogP contribution is -2.76. The molecule has 1 unspecified atom stereocenters. The molecule has 1 aromatic rings. The molecule has 5 fully saturated rings. The van der Waals surface area contributed by atoms with Gasteiger partial charge in [-0.05, 0) is 55.8 Å². The van der Waals surface area contributed by atoms with Crippen molar-refractivity contribution in [2.24, 2.45) is 23.7 Å². The normalized spacial score (nSPS) is 48.6. The van der Waals surface area contributed by atoms with Gasteiger partial charge in [-0.1, -0.05) is 24.3 Å². The third kappa shape index (κ3) is 1.39. The maximum absolute atomic E-state index is 11.8. The van der Waals surface area contributed by atoms with Gasteiger partial charge in [-0.15, -0.1) is 5.75 Å². The summed E-state index contributed by atoms with van der Waals surface area (Å²) in [6.45, 7) is 0. The first-order valence-electron chi connectivity index (χ1n) is 8.37. The summed E-state index contributed by atoms with van der Waals surface area (Å²) in [6.07, 6.45) is 6.22. The van der Waals surface area contributed by atoms with E-state index in [2.05, 4.69) is 0 Å². The van der Waals surface area contributed by atoms with Gasteiger partial charge in [0.15, 0.2) is 5.60 Å². The molecule has 1 aromatic carbocycles. The SMILES string of the molecule is COC1(c2cccc([O-])c2)OOC12C1CC3CC(C1)CC2C3. The van der Waals surface area contributed by atoms with Crippen LogP contribution >= 0.6 is 0 Å². The lowest BCUT2D eigenvalue weighted by molar-refractivity contribution is -0.645. The van der Waals surface area contributed by atoms with E-state index in [0.29, 0.717) is 11.8 Å². The van der Waals surface area contributed by atoms with Crippen LogP contribution in [0.4, 0.5) is 0 Å². The molecule has 1 heterocycles. The first-order chi connectivity index (χ1) is 10.7. The quantitative estimate of drug-likeness (QED) is 0.788. The molecule has 0 amide bonds. The van der Waals surface area contributed by atoms with E-state index in [9.17, 15) is 5.11 Å². The summed E-state index contributed by atoms with van der Waals surface area (Å²) < 4.78 is 5.91. The number of rotatable bonds is 2. The fourth-order valence-corrected chi connectivity index (χ4v) is 6.06. The molecule has 0 N–H and O–H groups in total. The molecule has 4 bridgehead atoms. The van der Waals surface area contributed by atoms with Crippen LogP contribution in [0.25, 0.3) is 0 Å². The lowest BCUT2D eigenvalue weighted by Gasteiger charge is -2.68. The fraction of sp³-hybridized carbons (Fsp3) is 0.667. The summed E-state index contributed by atoms with van der Waals surface area (Å²) >= 11 is 0. The molecule has 4 nitrogen and oxygen atoms in total. The van der Waals surface area contributed by atoms with Gasteiger partial charge in [-0.2, -0.15) is 4.89 Å². The Morgan fingerprint density at radius 1 is 1.05 bits per heavy atom. The van der Waals surface area contributed by atoms with Gasteiger partial charge in [0.1, 0.15) is 0 Å². The molecule has 4 heteroatoms. The van der Waals surface area contributed by atoms with E-state index in [-0.39, 0.29) is 5.75 Å². The van der Waals surface area contributed by atoms with Gasteiger partial charge in [0.2, 0.25) is 0 Å². The van der Waals surface area contributed by atoms with Gasteiger partial charge in [0.05, 0.1) is 0 Å². The van der Waals surface area contributed by atoms with Crippen LogP contribution in [0.2, 0.25) is 0 Å². The van der Waals surface area contributed by atoms with E-state index < -0.39 is 11.4 Å². The van der Waals surface area contributed by atoms with Crippen LogP contribution in [0.5, 0.6) is 5.75 Å². The minimum atomic E-state index is -0.907. The highest BCUT2D eigenvalue weighted by molar-refractivity contribution is 5.34. The summed E-state index contributed by atoms with van der Waals surface area (Å²) in [4.78, 5) is 11.5. The maximum atomic E-state index is 11.8. The minimum Gasteiger partial charge on any atom is -0.872 e. The topological polar surface area (TPSA) is 50.8 Å². The molecular weight excluding hydrogens is 280 g/mol. The largest absolute Gasteiger partial charge is 0.872 e. The molecular formula is C18H21O4-. The van der Waals surface area contributed by atoms with Gasteiger partial charge in [0, 0.05) is 12.7 Å². The Balaban J connectivity index is 1.62. The van der Waals surface area contributed by atoms with Crippen LogP contribution in [0, 0.1) is 23.7 Å². The highest BCUT2D eigenvalue weighted by atomic mass is 17.3. The van der Waals surface area contributed by atoms with Crippen molar-refractivity contribution in [1.29, 1.82) is 0 Å². The third-order valence-corrected chi connectivity index (χ3v) is 6.66. The first-order valence-corrected chi connectivity index (χ1v) is 8.37. The molecule has 4 saturated carbocycles. The predicted octanol–water partition coefficient (Wildman–Crippen LogP) is 2.72. The van der Waals surface area contributed by atoms with Crippen molar-refractivity contribution in [2.75, 3.05) is 7.11 Å². The van der Waals surface area contributed by atoms with Crippen molar-refractivity contribution in [1.82, 2.24) is 0 Å². The van der Waals surface area contributed by atoms with Crippen LogP contribution in [0.3, 0.4) is 0 Å². The van der Waals surface area contributed by atoms with Crippen LogP contribution in [0.15, 0.2) is 24.3 Å². The van der Waals surface area contributed by atoms with Crippen molar-refractivity contribution in [3.05, 3.63) is 29.8 Å². The molecule has 1 aliphatic heterocycles. The van der Waals surface area contributed by atoms with Crippen molar-refractivity contribution >= 4 is 0 Å². The highest BCUT2D eigenvalue weighted by Crippen LogP contribution is 2.69. The second-order valence-electron chi connectivity index (χ2n) is 7.61. The van der Waals surface area contributed by atoms with Gasteiger partial charge >= 0.3 is 0 Å². The number of hydrogen-bond donors (Lipinski definition) is 0. The number of benzene rings is 1. The Morgan fingerprint density at radius 2 is 1.73 bits per heavy atom. The fourth-order valence-electron chi connectivity index (χ4n) is 6.06. The lowest BCUT2D eigenvalue weighted by atomic mass is 9.47. The summed E-state index contributed by atoms with van der Waals surface area (Å²) in [5, 5.41) is 11.8. The van der Waals surface area contributed by atoms with Crippen molar-refractivity contribution in [3.8, 4) is 5.75 Å². The first kappa shape index (κ1) is 13.3. The maximum Gasteiger partial charge on any atom is 0.260 e. The predicted molar refractivity (Wildman–Crippen MR) is 76.5 cm³/mol. The molecule has 1 saturated heterocycles. The van der Waals surface area contributed by atoms with Crippen LogP contribution in [-0.2, 0) is 20.3 Å². The molecule has 4 aliphatic carbocycles. The van der Waals surface area contributed by atoms with Crippen LogP contribution in [-0.4, -0.2) is 12.7 Å². The monoisotopic (exact) mass is 301 g/mol. The number of methoxy groups -OCH3 is 1. The Bertz CT molecular complexity index is 581. The molecule has 1 spiro atoms. The zero-order valence-electron chi connectivity index (χ0n) is 12.8. The Hall–Kier alpha value is -1.10. The van der Waals surface area contributed by atoms with E-state index in [4.69, 9.17) is 14.5 Å². The summed E-state index contributed by atoms with van der Waals surface area (Å²) in [5.74, 6) is 1.73. The Labute approximate surface area is 130 Å². The van der Waals surface area contributed by atoms with Crippen LogP contribution in [0.1, 0.15) is 37.7 Å². The van der Waals surface area contributed by atoms with Crippen molar-refractivity contribution < 1.29 is 19.6 Å². The average Bonchev–Trinajstić information content (AvgIpc) is 2.46. The molecule has 1 atom stereocenters. The van der Waals surface area contributed by atoms with Crippen molar-refractivity contribution in [3.63, 3.8) is 0 Å². The van der Waals surface area contributed by atoms with Crippen LogP contribution < -0.4 is 5.11 Å². The van der Waals surface area contributed by atoms with Gasteiger partial charge in [-0.3, -0.25) is 0 Å². The molecule has 22 heavy (non-hydrogen) atoms. The zero-order valence-corrected chi connectivity index (χ0v) is 12.8. The highest BCUT2D eigenvalue weighted by Gasteiger charge is 2.76. The number of hydrogen-bond acceptors (Lipinski definition) is 4. The second-order valence-corrected chi connectivity index (χ2v) is 7.61. The van der Waals surface area contributed by atoms with Gasteiger partial charge in [-0.25, -0.2) is 4.89 Å². The van der Waals surface area contributed by atoms with E-state index in [0.717, 1.165) is 17.4 Å². The average molecular weight is 301 g/mol. The smallest absolute Gasteiger partial charge is 0.260 e. The van der Waals surface area contributed by atoms with Crippen molar-refractivity contribution in [2.45, 2.75) is 43.5 Å². The standard InChI is InChI=1S/C18H22O4/c1-20-18(13-3-2-4-16(19)10-13)17(21-22-18)14-6-11-5-12(8-14)9-15(17)7-11/h2-4,10-12,14-15,19H,5-9H2,1H3/p-1. The number of ether oxygens (including phenoxy) is 1. The third-order valence-electron chi connectivity index (χ3n) is 6.66. The Morgan fingerprint density at radius 3 is 2.23 bits per heavy atom. The molecule has 0 aromatic heterocycles. The van der Waals surface area contributed by atoms with E-state index >= 15 is 0 Å². The summed E-state index contributed by atoms with van der Waals surface area (Å²) in [7, 11) is 1.67. The molecule has 6 rings (SSSR count). The van der Waals surface area contributed by atoms with E-state index in [1.54, 1.807) is 25.3 Å². The summed E-state index contributed by atoms with van der Waals surface area (Å²) in [6, 6.07) is 6.92. The zero-order chi connectivity index (χ0) is 14.9. The molecule has 0 radical (unpaired) electrons. The van der Waals surface area contributed by atoms with Gasteiger partial charge < -0.3 is 9.84 Å². The minimum absolute atomic E-state index is 0.0107. The van der Waals surface area contributed by atoms with E-state index in [1.165, 1.54) is 32.1 Å². The molecule has 118 valence electrons.